The molecule has 0 atom stereocenters. The lowest BCUT2D eigenvalue weighted by Crippen LogP contribution is -2.29. The summed E-state index contributed by atoms with van der Waals surface area (Å²) in [7, 11) is 0. The first-order valence-corrected chi connectivity index (χ1v) is 12.9. The van der Waals surface area contributed by atoms with Crippen molar-refractivity contribution in [2.75, 3.05) is 29.9 Å². The fourth-order valence-corrected chi connectivity index (χ4v) is 4.84. The second-order valence-corrected chi connectivity index (χ2v) is 9.64. The lowest BCUT2D eigenvalue weighted by atomic mass is 10.1. The zero-order valence-corrected chi connectivity index (χ0v) is 21.8. The van der Waals surface area contributed by atoms with Gasteiger partial charge in [-0.15, -0.1) is 0 Å². The van der Waals surface area contributed by atoms with Gasteiger partial charge in [0.2, 0.25) is 0 Å². The topological polar surface area (TPSA) is 33.7 Å². The minimum Gasteiger partial charge on any atom is -0.490 e. The van der Waals surface area contributed by atoms with Gasteiger partial charge in [-0.05, 0) is 68.1 Å². The predicted octanol–water partition coefficient (Wildman–Crippen LogP) is 8.37. The monoisotopic (exact) mass is 536 g/mol. The predicted molar refractivity (Wildman–Crippen MR) is 143 cm³/mol. The highest BCUT2D eigenvalue weighted by molar-refractivity contribution is 6.33. The average Bonchev–Trinajstić information content (AvgIpc) is 2.84. The van der Waals surface area contributed by atoms with Gasteiger partial charge in [0.15, 0.2) is 11.5 Å². The largest absolute Gasteiger partial charge is 0.490 e. The van der Waals surface area contributed by atoms with Gasteiger partial charge in [-0.2, -0.15) is 0 Å². The smallest absolute Gasteiger partial charge is 0.163 e. The van der Waals surface area contributed by atoms with Gasteiger partial charge in [-0.25, -0.2) is 4.39 Å². The number of anilines is 2. The van der Waals surface area contributed by atoms with Gasteiger partial charge in [-0.1, -0.05) is 40.9 Å². The Balaban J connectivity index is 1.45. The number of hydrogen-bond donors (Lipinski definition) is 1. The number of ether oxygens (including phenoxy) is 2. The van der Waals surface area contributed by atoms with Crippen molar-refractivity contribution < 1.29 is 13.9 Å². The van der Waals surface area contributed by atoms with Gasteiger partial charge < -0.3 is 19.7 Å². The second-order valence-electron chi connectivity index (χ2n) is 8.42. The summed E-state index contributed by atoms with van der Waals surface area (Å²) in [6, 6.07) is 13.9. The quantitative estimate of drug-likeness (QED) is 0.297. The molecule has 0 unspecified atom stereocenters. The summed E-state index contributed by atoms with van der Waals surface area (Å²) in [5, 5.41) is 4.98. The molecule has 1 saturated heterocycles. The van der Waals surface area contributed by atoms with Crippen molar-refractivity contribution in [1.82, 2.24) is 0 Å². The van der Waals surface area contributed by atoms with Crippen molar-refractivity contribution >= 4 is 46.2 Å². The molecule has 0 saturated carbocycles. The minimum absolute atomic E-state index is 0.162. The van der Waals surface area contributed by atoms with Gasteiger partial charge in [0.1, 0.15) is 12.4 Å². The second kappa shape index (κ2) is 12.1. The summed E-state index contributed by atoms with van der Waals surface area (Å²) in [6.07, 6.45) is 3.68. The minimum atomic E-state index is -0.393. The van der Waals surface area contributed by atoms with E-state index in [2.05, 4.69) is 16.3 Å². The number of nitrogens with one attached hydrogen (secondary N) is 1. The third-order valence-corrected chi connectivity index (χ3v) is 6.94. The summed E-state index contributed by atoms with van der Waals surface area (Å²) < 4.78 is 25.0. The first-order valence-electron chi connectivity index (χ1n) is 11.7. The van der Waals surface area contributed by atoms with Crippen LogP contribution in [-0.2, 0) is 13.2 Å². The molecule has 1 aliphatic rings. The molecular formula is C27H28Cl3FN2O2. The van der Waals surface area contributed by atoms with Crippen molar-refractivity contribution in [3.63, 3.8) is 0 Å². The van der Waals surface area contributed by atoms with E-state index < -0.39 is 5.82 Å². The Morgan fingerprint density at radius 1 is 0.829 bits per heavy atom. The van der Waals surface area contributed by atoms with Crippen LogP contribution in [0.5, 0.6) is 11.5 Å². The van der Waals surface area contributed by atoms with E-state index in [-0.39, 0.29) is 6.61 Å². The van der Waals surface area contributed by atoms with Crippen LogP contribution in [0.25, 0.3) is 0 Å². The van der Waals surface area contributed by atoms with Crippen LogP contribution in [0.3, 0.4) is 0 Å². The zero-order valence-electron chi connectivity index (χ0n) is 19.6. The molecule has 0 aliphatic carbocycles. The van der Waals surface area contributed by atoms with Gasteiger partial charge >= 0.3 is 0 Å². The average molecular weight is 538 g/mol. The molecule has 35 heavy (non-hydrogen) atoms. The van der Waals surface area contributed by atoms with E-state index in [9.17, 15) is 4.39 Å². The van der Waals surface area contributed by atoms with Crippen LogP contribution < -0.4 is 19.7 Å². The first-order chi connectivity index (χ1) is 16.9. The third kappa shape index (κ3) is 6.66. The summed E-state index contributed by atoms with van der Waals surface area (Å²) in [5.41, 5.74) is 3.52. The number of piperidine rings is 1. The molecule has 4 rings (SSSR count). The van der Waals surface area contributed by atoms with E-state index in [0.717, 1.165) is 35.1 Å². The van der Waals surface area contributed by atoms with Crippen molar-refractivity contribution in [2.45, 2.75) is 39.3 Å². The Bertz CT molecular complexity index is 1170. The Morgan fingerprint density at radius 3 is 2.29 bits per heavy atom. The maximum atomic E-state index is 13.3. The molecular weight excluding hydrogens is 510 g/mol. The fraction of sp³-hybridized carbons (Fsp3) is 0.333. The molecule has 1 fully saturated rings. The highest BCUT2D eigenvalue weighted by Crippen LogP contribution is 2.36. The molecule has 0 amide bonds. The van der Waals surface area contributed by atoms with Crippen LogP contribution in [0.2, 0.25) is 15.1 Å². The van der Waals surface area contributed by atoms with Gasteiger partial charge in [0.25, 0.3) is 0 Å². The molecule has 1 aliphatic heterocycles. The maximum Gasteiger partial charge on any atom is 0.163 e. The Labute approximate surface area is 220 Å². The summed E-state index contributed by atoms with van der Waals surface area (Å²) in [4.78, 5) is 2.35. The van der Waals surface area contributed by atoms with Gasteiger partial charge in [0, 0.05) is 42.0 Å². The van der Waals surface area contributed by atoms with Crippen LogP contribution in [0, 0.1) is 5.82 Å². The lowest BCUT2D eigenvalue weighted by molar-refractivity contribution is 0.269. The van der Waals surface area contributed by atoms with E-state index in [4.69, 9.17) is 44.3 Å². The number of hydrogen-bond acceptors (Lipinski definition) is 4. The molecule has 3 aromatic carbocycles. The van der Waals surface area contributed by atoms with E-state index in [1.165, 1.54) is 31.4 Å². The lowest BCUT2D eigenvalue weighted by Gasteiger charge is -2.29. The van der Waals surface area contributed by atoms with E-state index in [0.29, 0.717) is 40.3 Å². The standard InChI is InChI=1S/C27H28Cl3FN2O2/c1-2-34-26-12-19(23(29)15-27(26)35-17-18-6-7-20(31)13-22(18)28)16-32-21-8-9-25(24(30)14-21)33-10-4-3-5-11-33/h6-9,12-15,32H,2-5,10-11,16-17H2,1H3. The number of benzene rings is 3. The summed E-state index contributed by atoms with van der Waals surface area (Å²) in [5.74, 6) is 0.677. The van der Waals surface area contributed by atoms with Crippen LogP contribution in [0.1, 0.15) is 37.3 Å². The normalized spacial score (nSPS) is 13.6. The number of halogens is 4. The van der Waals surface area contributed by atoms with E-state index in [1.54, 1.807) is 12.1 Å². The van der Waals surface area contributed by atoms with Crippen LogP contribution >= 0.6 is 34.8 Å². The van der Waals surface area contributed by atoms with Crippen LogP contribution in [-0.4, -0.2) is 19.7 Å². The SMILES string of the molecule is CCOc1cc(CNc2ccc(N3CCCCC3)c(Cl)c2)c(Cl)cc1OCc1ccc(F)cc1Cl. The highest BCUT2D eigenvalue weighted by Gasteiger charge is 2.15. The van der Waals surface area contributed by atoms with E-state index >= 15 is 0 Å². The summed E-state index contributed by atoms with van der Waals surface area (Å²) >= 11 is 19.3. The van der Waals surface area contributed by atoms with Crippen LogP contribution in [0.15, 0.2) is 48.5 Å². The Morgan fingerprint density at radius 2 is 1.57 bits per heavy atom. The molecule has 3 aromatic rings. The van der Waals surface area contributed by atoms with Crippen molar-refractivity contribution in [3.05, 3.63) is 80.5 Å². The Hall–Kier alpha value is -2.34. The maximum absolute atomic E-state index is 13.3. The molecule has 4 nitrogen and oxygen atoms in total. The molecule has 0 spiro atoms. The zero-order chi connectivity index (χ0) is 24.8. The molecule has 1 N–H and O–H groups in total. The molecule has 8 heteroatoms. The van der Waals surface area contributed by atoms with Crippen molar-refractivity contribution in [1.29, 1.82) is 0 Å². The molecule has 0 bridgehead atoms. The molecule has 0 aromatic heterocycles. The molecule has 0 radical (unpaired) electrons. The third-order valence-electron chi connectivity index (χ3n) is 5.94. The van der Waals surface area contributed by atoms with Gasteiger partial charge in [-0.3, -0.25) is 0 Å². The first kappa shape index (κ1) is 25.7. The van der Waals surface area contributed by atoms with Gasteiger partial charge in [0.05, 0.1) is 22.3 Å². The fourth-order valence-electron chi connectivity index (χ4n) is 4.09. The highest BCUT2D eigenvalue weighted by atomic mass is 35.5. The molecule has 186 valence electrons. The Kier molecular flexibility index (Phi) is 8.88. The number of rotatable bonds is 9. The number of nitrogens with zero attached hydrogens (tertiary/aromatic N) is 1. The van der Waals surface area contributed by atoms with E-state index in [1.807, 2.05) is 25.1 Å². The van der Waals surface area contributed by atoms with Crippen LogP contribution in [0.4, 0.5) is 15.8 Å². The molecule has 1 heterocycles. The van der Waals surface area contributed by atoms with Crippen molar-refractivity contribution in [3.8, 4) is 11.5 Å². The van der Waals surface area contributed by atoms with Crippen molar-refractivity contribution in [2.24, 2.45) is 0 Å². The summed E-state index contributed by atoms with van der Waals surface area (Å²) in [6.45, 7) is 5.11.